The van der Waals surface area contributed by atoms with Crippen molar-refractivity contribution in [1.29, 1.82) is 0 Å². The summed E-state index contributed by atoms with van der Waals surface area (Å²) in [5.74, 6) is 0.477. The average Bonchev–Trinajstić information content (AvgIpc) is 2.94. The minimum absolute atomic E-state index is 0.0721. The van der Waals surface area contributed by atoms with Crippen LogP contribution in [0.15, 0.2) is 34.5 Å². The molecule has 0 fully saturated rings. The number of fused-ring (bicyclic) bond motifs is 1. The van der Waals surface area contributed by atoms with Crippen LogP contribution >= 0.6 is 0 Å². The Morgan fingerprint density at radius 2 is 2.35 bits per heavy atom. The van der Waals surface area contributed by atoms with E-state index in [1.807, 2.05) is 6.92 Å². The second-order valence-electron chi connectivity index (χ2n) is 4.79. The smallest absolute Gasteiger partial charge is 0.404 e. The molecule has 0 atom stereocenters. The predicted molar refractivity (Wildman–Crippen MR) is 83.5 cm³/mol. The maximum absolute atomic E-state index is 12.7. The highest BCUT2D eigenvalue weighted by molar-refractivity contribution is 5.76. The van der Waals surface area contributed by atoms with Crippen LogP contribution in [-0.4, -0.2) is 35.9 Å². The third kappa shape index (κ3) is 4.87. The highest BCUT2D eigenvalue weighted by Gasteiger charge is 2.08. The first kappa shape index (κ1) is 16.6. The SMILES string of the molecule is CCCNc1nc2ccc(OC/C(=C/F)CNC(=O)O)cc2o1. The molecule has 0 aliphatic carbocycles. The molecule has 23 heavy (non-hydrogen) atoms. The zero-order valence-electron chi connectivity index (χ0n) is 12.6. The number of nitrogens with one attached hydrogen (secondary N) is 2. The lowest BCUT2D eigenvalue weighted by molar-refractivity contribution is 0.195. The fraction of sp³-hybridized carbons (Fsp3) is 0.333. The monoisotopic (exact) mass is 323 g/mol. The van der Waals surface area contributed by atoms with Crippen LogP contribution < -0.4 is 15.4 Å². The molecule has 0 aliphatic heterocycles. The molecule has 0 bridgehead atoms. The van der Waals surface area contributed by atoms with Crippen molar-refractivity contribution in [3.8, 4) is 5.75 Å². The number of carbonyl (C=O) groups is 1. The summed E-state index contributed by atoms with van der Waals surface area (Å²) in [6, 6.07) is 5.52. The first-order chi connectivity index (χ1) is 11.1. The van der Waals surface area contributed by atoms with Gasteiger partial charge in [0.1, 0.15) is 17.9 Å². The highest BCUT2D eigenvalue weighted by atomic mass is 19.1. The van der Waals surface area contributed by atoms with Gasteiger partial charge in [0.2, 0.25) is 0 Å². The van der Waals surface area contributed by atoms with E-state index in [-0.39, 0.29) is 18.7 Å². The van der Waals surface area contributed by atoms with E-state index in [9.17, 15) is 9.18 Å². The predicted octanol–water partition coefficient (Wildman–Crippen LogP) is 3.15. The van der Waals surface area contributed by atoms with E-state index in [0.717, 1.165) is 13.0 Å². The second kappa shape index (κ2) is 8.02. The van der Waals surface area contributed by atoms with Gasteiger partial charge in [0.15, 0.2) is 5.58 Å². The lowest BCUT2D eigenvalue weighted by Gasteiger charge is -2.08. The molecule has 0 saturated carbocycles. The van der Waals surface area contributed by atoms with Crippen molar-refractivity contribution in [1.82, 2.24) is 10.3 Å². The Morgan fingerprint density at radius 1 is 1.52 bits per heavy atom. The lowest BCUT2D eigenvalue weighted by Crippen LogP contribution is -2.25. The summed E-state index contributed by atoms with van der Waals surface area (Å²) < 4.78 is 23.7. The maximum Gasteiger partial charge on any atom is 0.404 e. The number of aromatic nitrogens is 1. The van der Waals surface area contributed by atoms with Crippen LogP contribution in [0.2, 0.25) is 0 Å². The Kier molecular flexibility index (Phi) is 5.79. The van der Waals surface area contributed by atoms with Gasteiger partial charge in [-0.3, -0.25) is 0 Å². The van der Waals surface area contributed by atoms with E-state index in [4.69, 9.17) is 14.3 Å². The van der Waals surface area contributed by atoms with E-state index in [1.165, 1.54) is 0 Å². The van der Waals surface area contributed by atoms with Gasteiger partial charge < -0.3 is 24.9 Å². The Bertz CT molecular complexity index is 699. The molecule has 2 rings (SSSR count). The highest BCUT2D eigenvalue weighted by Crippen LogP contribution is 2.24. The van der Waals surface area contributed by atoms with Crippen molar-refractivity contribution < 1.29 is 23.4 Å². The average molecular weight is 323 g/mol. The number of nitrogens with zero attached hydrogens (tertiary/aromatic N) is 1. The van der Waals surface area contributed by atoms with Gasteiger partial charge in [0, 0.05) is 24.7 Å². The molecule has 0 unspecified atom stereocenters. The van der Waals surface area contributed by atoms with E-state index in [2.05, 4.69) is 15.6 Å². The molecule has 1 amide bonds. The lowest BCUT2D eigenvalue weighted by atomic mass is 10.3. The van der Waals surface area contributed by atoms with Gasteiger partial charge >= 0.3 is 6.09 Å². The zero-order valence-corrected chi connectivity index (χ0v) is 12.6. The van der Waals surface area contributed by atoms with Gasteiger partial charge in [-0.15, -0.1) is 0 Å². The molecule has 0 saturated heterocycles. The molecule has 1 heterocycles. The van der Waals surface area contributed by atoms with Gasteiger partial charge in [-0.1, -0.05) is 6.92 Å². The Labute approximate surface area is 132 Å². The standard InChI is InChI=1S/C15H18FN3O4/c1-2-5-17-14-19-12-4-3-11(6-13(12)23-14)22-9-10(7-16)8-18-15(20)21/h3-4,6-7,18H,2,5,8-9H2,1H3,(H,17,19)(H,20,21)/b10-7+. The quantitative estimate of drug-likeness (QED) is 0.690. The molecule has 8 heteroatoms. The summed E-state index contributed by atoms with van der Waals surface area (Å²) in [5.41, 5.74) is 1.41. The summed E-state index contributed by atoms with van der Waals surface area (Å²) in [5, 5.41) is 13.6. The first-order valence-corrected chi connectivity index (χ1v) is 7.14. The van der Waals surface area contributed by atoms with Crippen molar-refractivity contribution in [2.24, 2.45) is 0 Å². The number of anilines is 1. The molecule has 124 valence electrons. The van der Waals surface area contributed by atoms with Crippen LogP contribution in [0, 0.1) is 0 Å². The van der Waals surface area contributed by atoms with Crippen molar-refractivity contribution in [3.05, 3.63) is 30.1 Å². The zero-order chi connectivity index (χ0) is 16.7. The fourth-order valence-corrected chi connectivity index (χ4v) is 1.79. The van der Waals surface area contributed by atoms with Crippen LogP contribution in [0.1, 0.15) is 13.3 Å². The number of oxazole rings is 1. The molecule has 1 aromatic heterocycles. The van der Waals surface area contributed by atoms with Crippen LogP contribution in [-0.2, 0) is 0 Å². The number of rotatable bonds is 8. The van der Waals surface area contributed by atoms with Gasteiger partial charge in [0.05, 0.1) is 6.33 Å². The second-order valence-corrected chi connectivity index (χ2v) is 4.79. The maximum atomic E-state index is 12.7. The van der Waals surface area contributed by atoms with Crippen molar-refractivity contribution >= 4 is 23.2 Å². The van der Waals surface area contributed by atoms with Crippen molar-refractivity contribution in [2.75, 3.05) is 25.0 Å². The van der Waals surface area contributed by atoms with Crippen LogP contribution in [0.4, 0.5) is 15.2 Å². The summed E-state index contributed by atoms with van der Waals surface area (Å²) in [4.78, 5) is 14.7. The molecule has 7 nitrogen and oxygen atoms in total. The molecular formula is C15H18FN3O4. The fourth-order valence-electron chi connectivity index (χ4n) is 1.79. The Hall–Kier alpha value is -2.77. The molecule has 0 radical (unpaired) electrons. The van der Waals surface area contributed by atoms with Crippen LogP contribution in [0.5, 0.6) is 5.75 Å². The largest absolute Gasteiger partial charge is 0.489 e. The van der Waals surface area contributed by atoms with Gasteiger partial charge in [-0.25, -0.2) is 9.18 Å². The van der Waals surface area contributed by atoms with Gasteiger partial charge in [0.25, 0.3) is 6.01 Å². The number of benzene rings is 1. The Balaban J connectivity index is 1.98. The minimum Gasteiger partial charge on any atom is -0.489 e. The van der Waals surface area contributed by atoms with Crippen molar-refractivity contribution in [2.45, 2.75) is 13.3 Å². The number of amides is 1. The number of halogens is 1. The van der Waals surface area contributed by atoms with Gasteiger partial charge in [-0.05, 0) is 18.6 Å². The van der Waals surface area contributed by atoms with Gasteiger partial charge in [-0.2, -0.15) is 4.98 Å². The summed E-state index contributed by atoms with van der Waals surface area (Å²) in [6.07, 6.45) is 0.0606. The molecular weight excluding hydrogens is 305 g/mol. The summed E-state index contributed by atoms with van der Waals surface area (Å²) in [7, 11) is 0. The normalized spacial score (nSPS) is 11.5. The third-order valence-electron chi connectivity index (χ3n) is 2.93. The first-order valence-electron chi connectivity index (χ1n) is 7.14. The minimum atomic E-state index is -1.22. The van der Waals surface area contributed by atoms with E-state index in [1.54, 1.807) is 18.2 Å². The summed E-state index contributed by atoms with van der Waals surface area (Å²) in [6.45, 7) is 2.59. The number of hydrogen-bond donors (Lipinski definition) is 3. The topological polar surface area (TPSA) is 96.6 Å². The van der Waals surface area contributed by atoms with E-state index < -0.39 is 6.09 Å². The van der Waals surface area contributed by atoms with Crippen LogP contribution in [0.25, 0.3) is 11.1 Å². The third-order valence-corrected chi connectivity index (χ3v) is 2.93. The molecule has 0 spiro atoms. The van der Waals surface area contributed by atoms with Crippen molar-refractivity contribution in [3.63, 3.8) is 0 Å². The summed E-state index contributed by atoms with van der Waals surface area (Å²) >= 11 is 0. The van der Waals surface area contributed by atoms with E-state index in [0.29, 0.717) is 29.2 Å². The number of ether oxygens (including phenoxy) is 1. The number of carboxylic acid groups (broad SMARTS) is 1. The molecule has 0 aliphatic rings. The van der Waals surface area contributed by atoms with Crippen LogP contribution in [0.3, 0.4) is 0 Å². The number of hydrogen-bond acceptors (Lipinski definition) is 5. The Morgan fingerprint density at radius 3 is 3.04 bits per heavy atom. The molecule has 1 aromatic carbocycles. The molecule has 2 aromatic rings. The van der Waals surface area contributed by atoms with E-state index >= 15 is 0 Å². The molecule has 3 N–H and O–H groups in total.